The third kappa shape index (κ3) is 5.12. The summed E-state index contributed by atoms with van der Waals surface area (Å²) in [4.78, 5) is 12.1. The molecule has 0 N–H and O–H groups in total. The molecular weight excluding hydrogens is 236 g/mol. The number of hydrogen-bond acceptors (Lipinski definition) is 2. The average Bonchev–Trinajstić information content (AvgIpc) is 2.46. The molecule has 0 unspecified atom stereocenters. The molecule has 19 heavy (non-hydrogen) atoms. The minimum absolute atomic E-state index is 0.0443. The SMILES string of the molecule is C/C=C(/OCc1ccccc1)C(=O)C=C(CC)CC. The number of carbonyl (C=O) groups is 1. The highest BCUT2D eigenvalue weighted by Gasteiger charge is 2.08. The molecule has 0 radical (unpaired) electrons. The van der Waals surface area contributed by atoms with Crippen LogP contribution in [0.4, 0.5) is 0 Å². The van der Waals surface area contributed by atoms with Crippen molar-refractivity contribution in [1.82, 2.24) is 0 Å². The molecule has 0 saturated heterocycles. The van der Waals surface area contributed by atoms with Gasteiger partial charge in [0.2, 0.25) is 5.78 Å². The Bertz CT molecular complexity index is 449. The second-order valence-corrected chi connectivity index (χ2v) is 4.30. The molecule has 0 aliphatic heterocycles. The van der Waals surface area contributed by atoms with Crippen LogP contribution in [0.2, 0.25) is 0 Å². The van der Waals surface area contributed by atoms with Gasteiger partial charge in [-0.15, -0.1) is 0 Å². The van der Waals surface area contributed by atoms with Crippen LogP contribution >= 0.6 is 0 Å². The molecule has 1 aromatic rings. The summed E-state index contributed by atoms with van der Waals surface area (Å²) in [5, 5.41) is 0. The highest BCUT2D eigenvalue weighted by molar-refractivity contribution is 6.02. The monoisotopic (exact) mass is 258 g/mol. The van der Waals surface area contributed by atoms with Crippen molar-refractivity contribution in [3.05, 3.63) is 59.4 Å². The van der Waals surface area contributed by atoms with Crippen molar-refractivity contribution in [2.24, 2.45) is 0 Å². The Hall–Kier alpha value is -1.83. The summed E-state index contributed by atoms with van der Waals surface area (Å²) in [5.74, 6) is 0.375. The van der Waals surface area contributed by atoms with Crippen LogP contribution in [0, 0.1) is 0 Å². The topological polar surface area (TPSA) is 26.3 Å². The van der Waals surface area contributed by atoms with E-state index >= 15 is 0 Å². The van der Waals surface area contributed by atoms with Gasteiger partial charge in [0.05, 0.1) is 0 Å². The van der Waals surface area contributed by atoms with Crippen molar-refractivity contribution >= 4 is 5.78 Å². The van der Waals surface area contributed by atoms with Gasteiger partial charge in [-0.3, -0.25) is 4.79 Å². The van der Waals surface area contributed by atoms with Gasteiger partial charge in [-0.2, -0.15) is 0 Å². The number of carbonyl (C=O) groups excluding carboxylic acids is 1. The number of rotatable bonds is 7. The molecule has 0 spiro atoms. The Kier molecular flexibility index (Phi) is 6.65. The predicted molar refractivity (Wildman–Crippen MR) is 78.7 cm³/mol. The zero-order valence-electron chi connectivity index (χ0n) is 12.0. The zero-order chi connectivity index (χ0) is 14.1. The Balaban J connectivity index is 2.64. The maximum atomic E-state index is 12.1. The molecule has 2 nitrogen and oxygen atoms in total. The average molecular weight is 258 g/mol. The number of allylic oxidation sites excluding steroid dienone is 3. The van der Waals surface area contributed by atoms with Crippen LogP contribution in [0.3, 0.4) is 0 Å². The minimum Gasteiger partial charge on any atom is -0.485 e. The molecule has 0 saturated carbocycles. The van der Waals surface area contributed by atoms with Gasteiger partial charge in [-0.25, -0.2) is 0 Å². The minimum atomic E-state index is -0.0443. The second kappa shape index (κ2) is 8.30. The lowest BCUT2D eigenvalue weighted by Gasteiger charge is -2.08. The van der Waals surface area contributed by atoms with Crippen molar-refractivity contribution < 1.29 is 9.53 Å². The van der Waals surface area contributed by atoms with Gasteiger partial charge in [0.25, 0.3) is 0 Å². The van der Waals surface area contributed by atoms with Crippen molar-refractivity contribution in [2.45, 2.75) is 40.2 Å². The van der Waals surface area contributed by atoms with Gasteiger partial charge in [0.15, 0.2) is 5.76 Å². The van der Waals surface area contributed by atoms with E-state index < -0.39 is 0 Å². The quantitative estimate of drug-likeness (QED) is 0.534. The maximum Gasteiger partial charge on any atom is 0.219 e. The molecule has 0 aliphatic carbocycles. The van der Waals surface area contributed by atoms with Crippen LogP contribution < -0.4 is 0 Å². The fourth-order valence-electron chi connectivity index (χ4n) is 1.74. The molecule has 102 valence electrons. The molecule has 0 bridgehead atoms. The van der Waals surface area contributed by atoms with Gasteiger partial charge in [0.1, 0.15) is 6.61 Å². The van der Waals surface area contributed by atoms with E-state index in [1.54, 1.807) is 12.2 Å². The second-order valence-electron chi connectivity index (χ2n) is 4.30. The van der Waals surface area contributed by atoms with Gasteiger partial charge in [0, 0.05) is 0 Å². The summed E-state index contributed by atoms with van der Waals surface area (Å²) >= 11 is 0. The normalized spacial score (nSPS) is 11.0. The van der Waals surface area contributed by atoms with Crippen LogP contribution in [0.1, 0.15) is 39.2 Å². The molecule has 0 aromatic heterocycles. The number of ether oxygens (including phenoxy) is 1. The standard InChI is InChI=1S/C17H22O2/c1-4-14(5-2)12-16(18)17(6-3)19-13-15-10-8-7-9-11-15/h6-12H,4-5,13H2,1-3H3/b17-6+. The van der Waals surface area contributed by atoms with Gasteiger partial charge in [-0.05, 0) is 37.5 Å². The van der Waals surface area contributed by atoms with Crippen molar-refractivity contribution in [2.75, 3.05) is 0 Å². The molecule has 0 heterocycles. The first-order chi connectivity index (χ1) is 9.21. The van der Waals surface area contributed by atoms with Crippen molar-refractivity contribution in [3.63, 3.8) is 0 Å². The number of benzene rings is 1. The summed E-state index contributed by atoms with van der Waals surface area (Å²) in [6.07, 6.45) is 5.22. The summed E-state index contributed by atoms with van der Waals surface area (Å²) < 4.78 is 5.60. The Morgan fingerprint density at radius 2 is 1.79 bits per heavy atom. The fraction of sp³-hybridized carbons (Fsp3) is 0.353. The molecule has 1 rings (SSSR count). The van der Waals surface area contributed by atoms with E-state index in [-0.39, 0.29) is 5.78 Å². The van der Waals surface area contributed by atoms with E-state index in [0.717, 1.165) is 24.0 Å². The van der Waals surface area contributed by atoms with E-state index in [9.17, 15) is 4.79 Å². The third-order valence-corrected chi connectivity index (χ3v) is 2.99. The molecular formula is C17H22O2. The lowest BCUT2D eigenvalue weighted by molar-refractivity contribution is -0.114. The summed E-state index contributed by atoms with van der Waals surface area (Å²) in [5.41, 5.74) is 2.21. The van der Waals surface area contributed by atoms with Crippen LogP contribution in [-0.2, 0) is 16.1 Å². The van der Waals surface area contributed by atoms with Crippen molar-refractivity contribution in [1.29, 1.82) is 0 Å². The van der Waals surface area contributed by atoms with Crippen LogP contribution in [0.25, 0.3) is 0 Å². The van der Waals surface area contributed by atoms with Gasteiger partial charge in [-0.1, -0.05) is 49.8 Å². The van der Waals surface area contributed by atoms with Gasteiger partial charge >= 0.3 is 0 Å². The molecule has 0 amide bonds. The highest BCUT2D eigenvalue weighted by atomic mass is 16.5. The van der Waals surface area contributed by atoms with E-state index in [4.69, 9.17) is 4.74 Å². The van der Waals surface area contributed by atoms with Crippen LogP contribution in [0.5, 0.6) is 0 Å². The highest BCUT2D eigenvalue weighted by Crippen LogP contribution is 2.11. The molecule has 1 aromatic carbocycles. The smallest absolute Gasteiger partial charge is 0.219 e. The fourth-order valence-corrected chi connectivity index (χ4v) is 1.74. The number of hydrogen-bond donors (Lipinski definition) is 0. The Morgan fingerprint density at radius 1 is 1.16 bits per heavy atom. The summed E-state index contributed by atoms with van der Waals surface area (Å²) in [6, 6.07) is 9.85. The number of ketones is 1. The van der Waals surface area contributed by atoms with Gasteiger partial charge < -0.3 is 4.74 Å². The van der Waals surface area contributed by atoms with E-state index in [2.05, 4.69) is 13.8 Å². The third-order valence-electron chi connectivity index (χ3n) is 2.99. The first-order valence-corrected chi connectivity index (χ1v) is 6.78. The van der Waals surface area contributed by atoms with Crippen LogP contribution in [-0.4, -0.2) is 5.78 Å². The molecule has 0 atom stereocenters. The predicted octanol–water partition coefficient (Wildman–Crippen LogP) is 4.42. The van der Waals surface area contributed by atoms with E-state index in [1.807, 2.05) is 37.3 Å². The zero-order valence-corrected chi connectivity index (χ0v) is 12.0. The Morgan fingerprint density at radius 3 is 2.32 bits per heavy atom. The lowest BCUT2D eigenvalue weighted by Crippen LogP contribution is -2.04. The molecule has 0 aliphatic rings. The summed E-state index contributed by atoms with van der Waals surface area (Å²) in [6.45, 7) is 6.36. The first kappa shape index (κ1) is 15.2. The van der Waals surface area contributed by atoms with E-state index in [1.165, 1.54) is 0 Å². The summed E-state index contributed by atoms with van der Waals surface area (Å²) in [7, 11) is 0. The molecule has 2 heteroatoms. The van der Waals surface area contributed by atoms with Crippen molar-refractivity contribution in [3.8, 4) is 0 Å². The largest absolute Gasteiger partial charge is 0.485 e. The Labute approximate surface area is 115 Å². The first-order valence-electron chi connectivity index (χ1n) is 6.78. The van der Waals surface area contributed by atoms with Crippen LogP contribution in [0.15, 0.2) is 53.8 Å². The maximum absolute atomic E-state index is 12.1. The van der Waals surface area contributed by atoms with E-state index in [0.29, 0.717) is 12.4 Å². The lowest BCUT2D eigenvalue weighted by atomic mass is 10.1. The molecule has 0 fully saturated rings.